The maximum Gasteiger partial charge on any atom is 0.412 e. The van der Waals surface area contributed by atoms with Gasteiger partial charge in [0.1, 0.15) is 17.6 Å². The molecule has 2 aromatic rings. The number of pyridine rings is 1. The van der Waals surface area contributed by atoms with Crippen LogP contribution in [0, 0.1) is 0 Å². The van der Waals surface area contributed by atoms with E-state index in [1.54, 1.807) is 54.8 Å². The van der Waals surface area contributed by atoms with Crippen molar-refractivity contribution < 1.29 is 28.6 Å². The number of hydrogen-bond donors (Lipinski definition) is 3. The minimum absolute atomic E-state index is 0.191. The third kappa shape index (κ3) is 9.46. The molecule has 1 unspecified atom stereocenters. The molecule has 3 N–H and O–H groups in total. The maximum atomic E-state index is 13.7. The van der Waals surface area contributed by atoms with Gasteiger partial charge >= 0.3 is 12.1 Å². The second kappa shape index (κ2) is 15.3. The molecule has 1 aliphatic carbocycles. The first-order chi connectivity index (χ1) is 22.6. The predicted octanol–water partition coefficient (Wildman–Crippen LogP) is 6.70. The Balaban J connectivity index is 1.23. The highest BCUT2D eigenvalue weighted by Crippen LogP contribution is 2.28. The zero-order valence-corrected chi connectivity index (χ0v) is 28.0. The first-order valence-electron chi connectivity index (χ1n) is 15.8. The Morgan fingerprint density at radius 1 is 1.13 bits per heavy atom. The molecule has 1 saturated heterocycles. The number of rotatable bonds is 10. The summed E-state index contributed by atoms with van der Waals surface area (Å²) < 4.78 is 16.8. The average Bonchev–Trinajstić information content (AvgIpc) is 3.69. The summed E-state index contributed by atoms with van der Waals surface area (Å²) in [5, 5.41) is 11.8. The summed E-state index contributed by atoms with van der Waals surface area (Å²) in [4.78, 5) is 47.5. The number of nitrogens with zero attached hydrogens (tertiary/aromatic N) is 3. The van der Waals surface area contributed by atoms with Gasteiger partial charge in [-0.1, -0.05) is 31.2 Å². The van der Waals surface area contributed by atoms with Crippen molar-refractivity contribution in [3.63, 3.8) is 0 Å². The van der Waals surface area contributed by atoms with E-state index in [2.05, 4.69) is 38.8 Å². The topological polar surface area (TPSA) is 134 Å². The van der Waals surface area contributed by atoms with E-state index in [9.17, 15) is 14.4 Å². The molecule has 13 heteroatoms. The number of urea groups is 1. The van der Waals surface area contributed by atoms with Crippen LogP contribution in [-0.4, -0.2) is 64.1 Å². The molecule has 250 valence electrons. The van der Waals surface area contributed by atoms with Gasteiger partial charge in [-0.3, -0.25) is 25.3 Å². The monoisotopic (exact) mass is 662 g/mol. The lowest BCUT2D eigenvalue weighted by atomic mass is 10.0. The van der Waals surface area contributed by atoms with E-state index in [-0.39, 0.29) is 30.2 Å². The Morgan fingerprint density at radius 3 is 2.64 bits per heavy atom. The minimum Gasteiger partial charge on any atom is -0.463 e. The van der Waals surface area contributed by atoms with Crippen molar-refractivity contribution in [3.05, 3.63) is 88.3 Å². The van der Waals surface area contributed by atoms with Crippen LogP contribution in [-0.2, 0) is 20.8 Å². The molecule has 3 aliphatic rings. The van der Waals surface area contributed by atoms with Gasteiger partial charge in [-0.15, -0.1) is 11.3 Å². The number of likely N-dealkylation sites (tertiary alicyclic amines) is 1. The van der Waals surface area contributed by atoms with Gasteiger partial charge in [0.15, 0.2) is 12.0 Å². The van der Waals surface area contributed by atoms with Crippen LogP contribution in [0.2, 0.25) is 0 Å². The highest BCUT2D eigenvalue weighted by Gasteiger charge is 2.29. The van der Waals surface area contributed by atoms with Crippen LogP contribution in [0.25, 0.3) is 0 Å². The van der Waals surface area contributed by atoms with Crippen LogP contribution in [0.1, 0.15) is 69.4 Å². The number of carbonyl (C=O) groups excluding carboxylic acids is 3. The van der Waals surface area contributed by atoms with Gasteiger partial charge in [-0.05, 0) is 76.7 Å². The molecule has 1 atom stereocenters. The number of likely N-dealkylation sites (N-methyl/N-ethyl adjacent to an activating group) is 1. The molecule has 2 aliphatic heterocycles. The van der Waals surface area contributed by atoms with Crippen LogP contribution in [0.3, 0.4) is 0 Å². The Morgan fingerprint density at radius 2 is 1.94 bits per heavy atom. The maximum absolute atomic E-state index is 13.7. The fourth-order valence-electron chi connectivity index (χ4n) is 5.47. The molecule has 4 amide bonds. The second-order valence-electron chi connectivity index (χ2n) is 12.4. The Hall–Kier alpha value is -4.62. The summed E-state index contributed by atoms with van der Waals surface area (Å²) in [5.74, 6) is 0.348. The van der Waals surface area contributed by atoms with Gasteiger partial charge < -0.3 is 24.4 Å². The van der Waals surface area contributed by atoms with Crippen molar-refractivity contribution in [3.8, 4) is 0 Å². The van der Waals surface area contributed by atoms with Crippen molar-refractivity contribution in [2.45, 2.75) is 71.6 Å². The summed E-state index contributed by atoms with van der Waals surface area (Å²) in [7, 11) is 0. The molecule has 0 spiro atoms. The quantitative estimate of drug-likeness (QED) is 0.256. The summed E-state index contributed by atoms with van der Waals surface area (Å²) in [5.41, 5.74) is 2.17. The number of amides is 4. The lowest BCUT2D eigenvalue weighted by Crippen LogP contribution is -2.46. The summed E-state index contributed by atoms with van der Waals surface area (Å²) in [6.07, 6.45) is 13.8. The SMILES string of the molecule is CCN1CCCC1CN(Cc1ccc(C(=O)Nc2cscc2NC(=O)OC(C)(C)C)nc1)C(=O)NC1=COC=C(C2=CC=CCC2)O1. The standard InChI is InChI=1S/C34H42N6O6S/c1-5-39-15-9-12-25(39)18-40(32(42)38-30-20-44-19-29(45-30)24-10-7-6-8-11-24)17-23-13-14-26(35-16-23)31(41)36-27-21-47-22-28(27)37-33(43)46-34(2,3)4/h6-7,10,13-14,16,19-22,25H,5,8-9,11-12,15,17-18H2,1-4H3,(H,36,41)(H,37,43)(H,38,42). The Labute approximate surface area is 279 Å². The molecule has 5 rings (SSSR count). The number of thiophene rings is 1. The Bertz CT molecular complexity index is 1570. The number of hydrogen-bond acceptors (Lipinski definition) is 9. The largest absolute Gasteiger partial charge is 0.463 e. The van der Waals surface area contributed by atoms with Crippen LogP contribution >= 0.6 is 11.3 Å². The number of nitrogens with one attached hydrogen (secondary N) is 3. The van der Waals surface area contributed by atoms with Crippen LogP contribution < -0.4 is 16.0 Å². The molecule has 1 fully saturated rings. The minimum atomic E-state index is -0.654. The molecule has 0 radical (unpaired) electrons. The summed E-state index contributed by atoms with van der Waals surface area (Å²) in [6, 6.07) is 3.30. The molecule has 2 aromatic heterocycles. The van der Waals surface area contributed by atoms with E-state index in [0.717, 1.165) is 49.9 Å². The smallest absolute Gasteiger partial charge is 0.412 e. The summed E-state index contributed by atoms with van der Waals surface area (Å²) in [6.45, 7) is 10.2. The van der Waals surface area contributed by atoms with Crippen LogP contribution in [0.15, 0.2) is 77.1 Å². The van der Waals surface area contributed by atoms with E-state index in [4.69, 9.17) is 14.2 Å². The molecular formula is C34H42N6O6S. The fourth-order valence-corrected chi connectivity index (χ4v) is 6.18. The molecule has 0 bridgehead atoms. The molecule has 12 nitrogen and oxygen atoms in total. The average molecular weight is 663 g/mol. The van der Waals surface area contributed by atoms with E-state index in [1.165, 1.54) is 23.9 Å². The lowest BCUT2D eigenvalue weighted by molar-refractivity contribution is 0.0635. The van der Waals surface area contributed by atoms with Gasteiger partial charge in [-0.25, -0.2) is 9.59 Å². The first-order valence-corrected chi connectivity index (χ1v) is 16.7. The van der Waals surface area contributed by atoms with Crippen molar-refractivity contribution in [1.82, 2.24) is 20.1 Å². The Kier molecular flexibility index (Phi) is 11.0. The van der Waals surface area contributed by atoms with Crippen molar-refractivity contribution >= 4 is 40.7 Å². The van der Waals surface area contributed by atoms with Gasteiger partial charge in [0.2, 0.25) is 5.88 Å². The number of aromatic nitrogens is 1. The highest BCUT2D eigenvalue weighted by atomic mass is 32.1. The van der Waals surface area contributed by atoms with Gasteiger partial charge in [0, 0.05) is 36.1 Å². The van der Waals surface area contributed by atoms with Gasteiger partial charge in [0.25, 0.3) is 5.91 Å². The third-order valence-electron chi connectivity index (χ3n) is 7.73. The van der Waals surface area contributed by atoms with Gasteiger partial charge in [-0.2, -0.15) is 0 Å². The number of ether oxygens (including phenoxy) is 3. The molecule has 47 heavy (non-hydrogen) atoms. The van der Waals surface area contributed by atoms with Crippen LogP contribution in [0.4, 0.5) is 21.0 Å². The number of anilines is 2. The highest BCUT2D eigenvalue weighted by molar-refractivity contribution is 7.09. The van der Waals surface area contributed by atoms with E-state index in [0.29, 0.717) is 23.7 Å². The molecule has 0 aromatic carbocycles. The first kappa shape index (κ1) is 33.7. The van der Waals surface area contributed by atoms with E-state index in [1.807, 2.05) is 12.2 Å². The number of carbonyl (C=O) groups is 3. The normalized spacial score (nSPS) is 17.8. The van der Waals surface area contributed by atoms with Gasteiger partial charge in [0.05, 0.1) is 11.4 Å². The third-order valence-corrected chi connectivity index (χ3v) is 8.47. The van der Waals surface area contributed by atoms with Crippen molar-refractivity contribution in [2.75, 3.05) is 30.3 Å². The van der Waals surface area contributed by atoms with E-state index >= 15 is 0 Å². The van der Waals surface area contributed by atoms with Crippen LogP contribution in [0.5, 0.6) is 0 Å². The molecule has 0 saturated carbocycles. The fraction of sp³-hybridized carbons (Fsp3) is 0.412. The van der Waals surface area contributed by atoms with Crippen molar-refractivity contribution in [1.29, 1.82) is 0 Å². The zero-order chi connectivity index (χ0) is 33.4. The number of allylic oxidation sites excluding steroid dienone is 4. The zero-order valence-electron chi connectivity index (χ0n) is 27.2. The second-order valence-corrected chi connectivity index (χ2v) is 13.2. The predicted molar refractivity (Wildman–Crippen MR) is 180 cm³/mol. The van der Waals surface area contributed by atoms with Crippen molar-refractivity contribution in [2.24, 2.45) is 0 Å². The molecule has 4 heterocycles. The van der Waals surface area contributed by atoms with E-state index < -0.39 is 17.6 Å². The molecular weight excluding hydrogens is 620 g/mol. The lowest BCUT2D eigenvalue weighted by Gasteiger charge is -2.31. The summed E-state index contributed by atoms with van der Waals surface area (Å²) >= 11 is 1.33.